The van der Waals surface area contributed by atoms with Crippen LogP contribution in [0.2, 0.25) is 0 Å². The number of fused-ring (bicyclic) bond motifs is 1. The first kappa shape index (κ1) is 18.3. The van der Waals surface area contributed by atoms with Crippen molar-refractivity contribution in [3.63, 3.8) is 0 Å². The van der Waals surface area contributed by atoms with Crippen molar-refractivity contribution in [2.75, 3.05) is 6.61 Å². The molecule has 27 heavy (non-hydrogen) atoms. The van der Waals surface area contributed by atoms with E-state index in [9.17, 15) is 19.7 Å². The fourth-order valence-electron chi connectivity index (χ4n) is 2.33. The molecule has 0 bridgehead atoms. The van der Waals surface area contributed by atoms with Crippen LogP contribution in [0.4, 0.5) is 5.69 Å². The Kier molecular flexibility index (Phi) is 5.32. The van der Waals surface area contributed by atoms with Crippen LogP contribution in [0.15, 0.2) is 48.5 Å². The Morgan fingerprint density at radius 3 is 2.70 bits per heavy atom. The lowest BCUT2D eigenvalue weighted by atomic mass is 10.2. The SMILES string of the molecule is Cc1cccc(OCC(=O)NNC(=O)c2cc3cc([N+](=O)[O-])ccc3s2)c1. The predicted octanol–water partition coefficient (Wildman–Crippen LogP) is 2.96. The lowest BCUT2D eigenvalue weighted by molar-refractivity contribution is -0.384. The molecular formula is C18H15N3O5S. The van der Waals surface area contributed by atoms with Gasteiger partial charge in [0.05, 0.1) is 9.80 Å². The molecule has 0 atom stereocenters. The molecule has 0 saturated heterocycles. The van der Waals surface area contributed by atoms with E-state index in [1.165, 1.54) is 29.5 Å². The van der Waals surface area contributed by atoms with Gasteiger partial charge >= 0.3 is 0 Å². The fourth-order valence-corrected chi connectivity index (χ4v) is 3.27. The van der Waals surface area contributed by atoms with E-state index in [2.05, 4.69) is 10.9 Å². The van der Waals surface area contributed by atoms with Gasteiger partial charge in [-0.2, -0.15) is 0 Å². The maximum atomic E-state index is 12.2. The minimum absolute atomic E-state index is 0.0474. The number of non-ortho nitro benzene ring substituents is 1. The second-order valence-electron chi connectivity index (χ2n) is 5.70. The monoisotopic (exact) mass is 385 g/mol. The Morgan fingerprint density at radius 1 is 1.15 bits per heavy atom. The molecule has 0 fully saturated rings. The number of hydrogen-bond donors (Lipinski definition) is 2. The first-order chi connectivity index (χ1) is 12.9. The van der Waals surface area contributed by atoms with E-state index in [1.54, 1.807) is 18.2 Å². The molecule has 3 rings (SSSR count). The third kappa shape index (κ3) is 4.59. The molecule has 0 aliphatic carbocycles. The van der Waals surface area contributed by atoms with Crippen LogP contribution in [0.1, 0.15) is 15.2 Å². The van der Waals surface area contributed by atoms with E-state index in [4.69, 9.17) is 4.74 Å². The van der Waals surface area contributed by atoms with E-state index >= 15 is 0 Å². The summed E-state index contributed by atoms with van der Waals surface area (Å²) in [6, 6.07) is 13.2. The van der Waals surface area contributed by atoms with Crippen LogP contribution in [-0.2, 0) is 4.79 Å². The summed E-state index contributed by atoms with van der Waals surface area (Å²) in [7, 11) is 0. The zero-order valence-electron chi connectivity index (χ0n) is 14.2. The summed E-state index contributed by atoms with van der Waals surface area (Å²) in [5.74, 6) is -0.466. The zero-order valence-corrected chi connectivity index (χ0v) is 15.0. The third-order valence-corrected chi connectivity index (χ3v) is 4.72. The van der Waals surface area contributed by atoms with Crippen molar-refractivity contribution in [2.45, 2.75) is 6.92 Å². The topological polar surface area (TPSA) is 111 Å². The average Bonchev–Trinajstić information content (AvgIpc) is 3.07. The number of rotatable bonds is 5. The van der Waals surface area contributed by atoms with Gasteiger partial charge in [-0.3, -0.25) is 30.6 Å². The van der Waals surface area contributed by atoms with Crippen molar-refractivity contribution in [3.05, 3.63) is 69.1 Å². The molecule has 0 aliphatic rings. The molecule has 2 N–H and O–H groups in total. The molecule has 0 radical (unpaired) electrons. The van der Waals surface area contributed by atoms with Gasteiger partial charge in [0, 0.05) is 22.2 Å². The van der Waals surface area contributed by atoms with E-state index in [-0.39, 0.29) is 12.3 Å². The van der Waals surface area contributed by atoms with E-state index in [1.807, 2.05) is 19.1 Å². The van der Waals surface area contributed by atoms with E-state index in [0.29, 0.717) is 16.0 Å². The van der Waals surface area contributed by atoms with E-state index < -0.39 is 16.7 Å². The minimum Gasteiger partial charge on any atom is -0.484 e. The first-order valence-corrected chi connectivity index (χ1v) is 8.70. The number of hydrogen-bond acceptors (Lipinski definition) is 6. The van der Waals surface area contributed by atoms with Gasteiger partial charge < -0.3 is 4.74 Å². The quantitative estimate of drug-likeness (QED) is 0.518. The number of amides is 2. The Labute approximate surface area is 157 Å². The van der Waals surface area contributed by atoms with Crippen LogP contribution < -0.4 is 15.6 Å². The number of carbonyl (C=O) groups excluding carboxylic acids is 2. The van der Waals surface area contributed by atoms with Crippen molar-refractivity contribution in [1.29, 1.82) is 0 Å². The number of ether oxygens (including phenoxy) is 1. The Hall–Kier alpha value is -3.46. The second-order valence-corrected chi connectivity index (χ2v) is 6.78. The number of nitro benzene ring substituents is 1. The number of benzene rings is 2. The molecule has 8 nitrogen and oxygen atoms in total. The predicted molar refractivity (Wildman–Crippen MR) is 101 cm³/mol. The van der Waals surface area contributed by atoms with Gasteiger partial charge in [-0.05, 0) is 36.8 Å². The number of carbonyl (C=O) groups is 2. The standard InChI is InChI=1S/C18H15N3O5S/c1-11-3-2-4-14(7-11)26-10-17(22)19-20-18(23)16-9-12-8-13(21(24)25)5-6-15(12)27-16/h2-9H,10H2,1H3,(H,19,22)(H,20,23). The van der Waals surface area contributed by atoms with Gasteiger partial charge in [0.15, 0.2) is 6.61 Å². The summed E-state index contributed by atoms with van der Waals surface area (Å²) in [5.41, 5.74) is 5.54. The van der Waals surface area contributed by atoms with Gasteiger partial charge in [0.2, 0.25) is 0 Å². The third-order valence-electron chi connectivity index (χ3n) is 3.61. The average molecular weight is 385 g/mol. The number of nitrogens with zero attached hydrogens (tertiary/aromatic N) is 1. The largest absolute Gasteiger partial charge is 0.484 e. The number of aryl methyl sites for hydroxylation is 1. The molecule has 1 heterocycles. The van der Waals surface area contributed by atoms with Crippen LogP contribution in [0.25, 0.3) is 10.1 Å². The maximum absolute atomic E-state index is 12.2. The summed E-state index contributed by atoms with van der Waals surface area (Å²) in [6.07, 6.45) is 0. The number of hydrazine groups is 1. The van der Waals surface area contributed by atoms with Crippen LogP contribution in [-0.4, -0.2) is 23.3 Å². The van der Waals surface area contributed by atoms with Crippen molar-refractivity contribution < 1.29 is 19.2 Å². The highest BCUT2D eigenvalue weighted by molar-refractivity contribution is 7.20. The van der Waals surface area contributed by atoms with Crippen molar-refractivity contribution in [1.82, 2.24) is 10.9 Å². The number of nitro groups is 1. The fraction of sp³-hybridized carbons (Fsp3) is 0.111. The van der Waals surface area contributed by atoms with Crippen LogP contribution in [0.3, 0.4) is 0 Å². The smallest absolute Gasteiger partial charge is 0.279 e. The van der Waals surface area contributed by atoms with Crippen LogP contribution in [0.5, 0.6) is 5.75 Å². The molecule has 9 heteroatoms. The Bertz CT molecular complexity index is 1030. The molecule has 0 saturated carbocycles. The Balaban J connectivity index is 1.56. The van der Waals surface area contributed by atoms with Crippen molar-refractivity contribution >= 4 is 38.9 Å². The highest BCUT2D eigenvalue weighted by Gasteiger charge is 2.14. The highest BCUT2D eigenvalue weighted by atomic mass is 32.1. The zero-order chi connectivity index (χ0) is 19.4. The number of nitrogens with one attached hydrogen (secondary N) is 2. The van der Waals surface area contributed by atoms with Gasteiger partial charge in [0.1, 0.15) is 5.75 Å². The van der Waals surface area contributed by atoms with Crippen LogP contribution >= 0.6 is 11.3 Å². The summed E-state index contributed by atoms with van der Waals surface area (Å²) < 4.78 is 6.08. The summed E-state index contributed by atoms with van der Waals surface area (Å²) in [4.78, 5) is 34.6. The molecule has 0 aliphatic heterocycles. The van der Waals surface area contributed by atoms with Gasteiger partial charge in [-0.25, -0.2) is 0 Å². The molecule has 3 aromatic rings. The maximum Gasteiger partial charge on any atom is 0.279 e. The lowest BCUT2D eigenvalue weighted by Crippen LogP contribution is -2.43. The molecular weight excluding hydrogens is 370 g/mol. The molecule has 0 spiro atoms. The summed E-state index contributed by atoms with van der Waals surface area (Å²) >= 11 is 1.17. The molecule has 0 unspecified atom stereocenters. The van der Waals surface area contributed by atoms with Crippen LogP contribution in [0, 0.1) is 17.0 Å². The Morgan fingerprint density at radius 2 is 1.96 bits per heavy atom. The normalized spacial score (nSPS) is 10.4. The summed E-state index contributed by atoms with van der Waals surface area (Å²) in [5, 5.41) is 11.4. The molecule has 2 amide bonds. The van der Waals surface area contributed by atoms with Gasteiger partial charge in [-0.15, -0.1) is 11.3 Å². The minimum atomic E-state index is -0.512. The van der Waals surface area contributed by atoms with Crippen molar-refractivity contribution in [3.8, 4) is 5.75 Å². The van der Waals surface area contributed by atoms with Gasteiger partial charge in [-0.1, -0.05) is 12.1 Å². The lowest BCUT2D eigenvalue weighted by Gasteiger charge is -2.08. The molecule has 2 aromatic carbocycles. The van der Waals surface area contributed by atoms with E-state index in [0.717, 1.165) is 10.3 Å². The molecule has 138 valence electrons. The summed E-state index contributed by atoms with van der Waals surface area (Å²) in [6.45, 7) is 1.66. The second kappa shape index (κ2) is 7.83. The highest BCUT2D eigenvalue weighted by Crippen LogP contribution is 2.28. The van der Waals surface area contributed by atoms with Crippen molar-refractivity contribution in [2.24, 2.45) is 0 Å². The van der Waals surface area contributed by atoms with Gasteiger partial charge in [0.25, 0.3) is 17.5 Å². The number of thiophene rings is 1. The molecule has 1 aromatic heterocycles. The first-order valence-electron chi connectivity index (χ1n) is 7.89.